The van der Waals surface area contributed by atoms with Gasteiger partial charge in [-0.3, -0.25) is 9.78 Å². The van der Waals surface area contributed by atoms with Crippen LogP contribution in [-0.2, 0) is 0 Å². The van der Waals surface area contributed by atoms with E-state index in [1.165, 1.54) is 0 Å². The van der Waals surface area contributed by atoms with E-state index in [1.54, 1.807) is 6.20 Å². The fraction of sp³-hybridized carbons (Fsp3) is 0.600. The molecule has 0 aromatic carbocycles. The summed E-state index contributed by atoms with van der Waals surface area (Å²) in [5.74, 6) is 0.837. The lowest BCUT2D eigenvalue weighted by atomic mass is 9.98. The Morgan fingerprint density at radius 3 is 2.79 bits per heavy atom. The maximum Gasteiger partial charge on any atom is 0.257 e. The number of aryl methyl sites for hydroxylation is 1. The summed E-state index contributed by atoms with van der Waals surface area (Å²) < 4.78 is 0. The first-order chi connectivity index (χ1) is 9.11. The lowest BCUT2D eigenvalue weighted by molar-refractivity contribution is 0.0698. The fourth-order valence-corrected chi connectivity index (χ4v) is 2.45. The van der Waals surface area contributed by atoms with E-state index in [2.05, 4.69) is 17.2 Å². The normalized spacial score (nSPS) is 16.5. The zero-order valence-electron chi connectivity index (χ0n) is 12.1. The van der Waals surface area contributed by atoms with Gasteiger partial charge in [0, 0.05) is 31.5 Å². The minimum atomic E-state index is 0.107. The number of amides is 1. The molecule has 1 aromatic rings. The van der Waals surface area contributed by atoms with Crippen molar-refractivity contribution in [2.75, 3.05) is 25.0 Å². The summed E-state index contributed by atoms with van der Waals surface area (Å²) in [6.45, 7) is 8.75. The quantitative estimate of drug-likeness (QED) is 0.910. The van der Waals surface area contributed by atoms with Crippen molar-refractivity contribution in [3.8, 4) is 0 Å². The Morgan fingerprint density at radius 2 is 2.16 bits per heavy atom. The number of hydrogen-bond donors (Lipinski definition) is 1. The number of anilines is 1. The van der Waals surface area contributed by atoms with Crippen LogP contribution in [0.15, 0.2) is 12.3 Å². The summed E-state index contributed by atoms with van der Waals surface area (Å²) >= 11 is 0. The molecule has 0 unspecified atom stereocenters. The molecule has 4 heteroatoms. The monoisotopic (exact) mass is 261 g/mol. The maximum absolute atomic E-state index is 12.6. The van der Waals surface area contributed by atoms with E-state index >= 15 is 0 Å². The Morgan fingerprint density at radius 1 is 1.47 bits per heavy atom. The van der Waals surface area contributed by atoms with Crippen LogP contribution in [0.4, 0.5) is 5.69 Å². The van der Waals surface area contributed by atoms with Gasteiger partial charge < -0.3 is 10.2 Å². The number of piperidine rings is 1. The summed E-state index contributed by atoms with van der Waals surface area (Å²) in [6.07, 6.45) is 3.90. The van der Waals surface area contributed by atoms with Gasteiger partial charge in [0.1, 0.15) is 0 Å². The smallest absolute Gasteiger partial charge is 0.257 e. The standard InChI is InChI=1S/C15H23N3O/c1-4-16-14-9-12(3)17-10-13(14)15(19)18-7-5-11(2)6-8-18/h9-11H,4-8H2,1-3H3,(H,16,17). The first-order valence-corrected chi connectivity index (χ1v) is 7.11. The third kappa shape index (κ3) is 3.25. The van der Waals surface area contributed by atoms with Gasteiger partial charge in [0.25, 0.3) is 5.91 Å². The Hall–Kier alpha value is -1.58. The van der Waals surface area contributed by atoms with Crippen LogP contribution < -0.4 is 5.32 Å². The highest BCUT2D eigenvalue weighted by Crippen LogP contribution is 2.22. The highest BCUT2D eigenvalue weighted by molar-refractivity contribution is 5.99. The molecular formula is C15H23N3O. The summed E-state index contributed by atoms with van der Waals surface area (Å²) in [5.41, 5.74) is 2.53. The van der Waals surface area contributed by atoms with Crippen LogP contribution in [0.2, 0.25) is 0 Å². The maximum atomic E-state index is 12.6. The van der Waals surface area contributed by atoms with Crippen LogP contribution in [0.3, 0.4) is 0 Å². The van der Waals surface area contributed by atoms with E-state index in [9.17, 15) is 4.79 Å². The van der Waals surface area contributed by atoms with Crippen LogP contribution in [0.1, 0.15) is 42.7 Å². The summed E-state index contributed by atoms with van der Waals surface area (Å²) in [6, 6.07) is 1.95. The second-order valence-corrected chi connectivity index (χ2v) is 5.38. The summed E-state index contributed by atoms with van der Waals surface area (Å²) in [4.78, 5) is 18.8. The molecule has 2 rings (SSSR count). The molecule has 1 aliphatic rings. The van der Waals surface area contributed by atoms with Crippen LogP contribution in [0, 0.1) is 12.8 Å². The van der Waals surface area contributed by atoms with E-state index in [4.69, 9.17) is 0 Å². The number of pyridine rings is 1. The molecule has 0 spiro atoms. The molecular weight excluding hydrogens is 238 g/mol. The zero-order valence-corrected chi connectivity index (χ0v) is 12.1. The molecule has 0 saturated carbocycles. The van der Waals surface area contributed by atoms with E-state index in [1.807, 2.05) is 24.8 Å². The third-order valence-corrected chi connectivity index (χ3v) is 3.71. The summed E-state index contributed by atoms with van der Waals surface area (Å²) in [5, 5.41) is 3.26. The largest absolute Gasteiger partial charge is 0.385 e. The number of carbonyl (C=O) groups is 1. The highest BCUT2D eigenvalue weighted by atomic mass is 16.2. The van der Waals surface area contributed by atoms with Gasteiger partial charge in [-0.05, 0) is 38.7 Å². The average Bonchev–Trinajstić information content (AvgIpc) is 2.39. The van der Waals surface area contributed by atoms with Gasteiger partial charge in [-0.25, -0.2) is 0 Å². The Balaban J connectivity index is 2.18. The van der Waals surface area contributed by atoms with E-state index < -0.39 is 0 Å². The Bertz CT molecular complexity index is 451. The van der Waals surface area contributed by atoms with Crippen molar-refractivity contribution >= 4 is 11.6 Å². The zero-order chi connectivity index (χ0) is 13.8. The van der Waals surface area contributed by atoms with Crippen LogP contribution in [0.25, 0.3) is 0 Å². The molecule has 104 valence electrons. The van der Waals surface area contributed by atoms with Crippen molar-refractivity contribution in [1.29, 1.82) is 0 Å². The fourth-order valence-electron chi connectivity index (χ4n) is 2.45. The molecule has 1 aromatic heterocycles. The van der Waals surface area contributed by atoms with Crippen LogP contribution >= 0.6 is 0 Å². The average molecular weight is 261 g/mol. The van der Waals surface area contributed by atoms with Gasteiger partial charge in [-0.2, -0.15) is 0 Å². The predicted octanol–water partition coefficient (Wildman–Crippen LogP) is 2.69. The first-order valence-electron chi connectivity index (χ1n) is 7.11. The van der Waals surface area contributed by atoms with E-state index in [-0.39, 0.29) is 5.91 Å². The third-order valence-electron chi connectivity index (χ3n) is 3.71. The number of hydrogen-bond acceptors (Lipinski definition) is 3. The molecule has 1 fully saturated rings. The van der Waals surface area contributed by atoms with Gasteiger partial charge in [-0.1, -0.05) is 6.92 Å². The molecule has 0 aliphatic carbocycles. The van der Waals surface area contributed by atoms with Crippen molar-refractivity contribution in [3.63, 3.8) is 0 Å². The molecule has 1 amide bonds. The molecule has 1 aliphatic heterocycles. The lowest BCUT2D eigenvalue weighted by Gasteiger charge is -2.30. The van der Waals surface area contributed by atoms with Crippen LogP contribution in [-0.4, -0.2) is 35.4 Å². The molecule has 4 nitrogen and oxygen atoms in total. The van der Waals surface area contributed by atoms with E-state index in [0.717, 1.165) is 49.8 Å². The molecule has 19 heavy (non-hydrogen) atoms. The molecule has 1 N–H and O–H groups in total. The molecule has 0 bridgehead atoms. The number of nitrogens with zero attached hydrogens (tertiary/aromatic N) is 2. The first kappa shape index (κ1) is 13.8. The number of rotatable bonds is 3. The topological polar surface area (TPSA) is 45.2 Å². The lowest BCUT2D eigenvalue weighted by Crippen LogP contribution is -2.38. The molecule has 0 radical (unpaired) electrons. The molecule has 2 heterocycles. The van der Waals surface area contributed by atoms with Gasteiger partial charge in [-0.15, -0.1) is 0 Å². The SMILES string of the molecule is CCNc1cc(C)ncc1C(=O)N1CCC(C)CC1. The minimum Gasteiger partial charge on any atom is -0.385 e. The van der Waals surface area contributed by atoms with Gasteiger partial charge in [0.2, 0.25) is 0 Å². The Labute approximate surface area is 115 Å². The number of aromatic nitrogens is 1. The molecule has 1 saturated heterocycles. The molecule has 0 atom stereocenters. The number of likely N-dealkylation sites (tertiary alicyclic amines) is 1. The van der Waals surface area contributed by atoms with Gasteiger partial charge in [0.15, 0.2) is 0 Å². The van der Waals surface area contributed by atoms with Crippen molar-refractivity contribution in [2.24, 2.45) is 5.92 Å². The van der Waals surface area contributed by atoms with Crippen molar-refractivity contribution in [3.05, 3.63) is 23.5 Å². The van der Waals surface area contributed by atoms with Crippen LogP contribution in [0.5, 0.6) is 0 Å². The minimum absolute atomic E-state index is 0.107. The highest BCUT2D eigenvalue weighted by Gasteiger charge is 2.23. The van der Waals surface area contributed by atoms with Crippen molar-refractivity contribution < 1.29 is 4.79 Å². The van der Waals surface area contributed by atoms with Gasteiger partial charge >= 0.3 is 0 Å². The second-order valence-electron chi connectivity index (χ2n) is 5.38. The Kier molecular flexibility index (Phi) is 4.40. The number of carbonyl (C=O) groups excluding carboxylic acids is 1. The number of nitrogens with one attached hydrogen (secondary N) is 1. The summed E-state index contributed by atoms with van der Waals surface area (Å²) in [7, 11) is 0. The van der Waals surface area contributed by atoms with Crippen molar-refractivity contribution in [1.82, 2.24) is 9.88 Å². The van der Waals surface area contributed by atoms with Crippen molar-refractivity contribution in [2.45, 2.75) is 33.6 Å². The van der Waals surface area contributed by atoms with E-state index in [0.29, 0.717) is 5.56 Å². The van der Waals surface area contributed by atoms with Gasteiger partial charge in [0.05, 0.1) is 11.3 Å². The predicted molar refractivity (Wildman–Crippen MR) is 77.4 cm³/mol. The second kappa shape index (κ2) is 6.04.